The first-order valence-electron chi connectivity index (χ1n) is 9.01. The summed E-state index contributed by atoms with van der Waals surface area (Å²) in [6.07, 6.45) is -0.148. The number of hydrazine groups is 1. The van der Waals surface area contributed by atoms with Crippen molar-refractivity contribution in [3.05, 3.63) is 63.1 Å². The number of benzene rings is 2. The van der Waals surface area contributed by atoms with Gasteiger partial charge in [-0.2, -0.15) is 0 Å². The second-order valence-electron chi connectivity index (χ2n) is 6.63. The van der Waals surface area contributed by atoms with Crippen molar-refractivity contribution < 1.29 is 23.9 Å². The fraction of sp³-hybridized carbons (Fsp3) is 0.200. The summed E-state index contributed by atoms with van der Waals surface area (Å²) in [6, 6.07) is 10.6. The van der Waals surface area contributed by atoms with Gasteiger partial charge in [0.2, 0.25) is 5.91 Å². The first-order valence-corrected chi connectivity index (χ1v) is 10.1. The van der Waals surface area contributed by atoms with Gasteiger partial charge in [-0.05, 0) is 42.5 Å². The lowest BCUT2D eigenvalue weighted by molar-refractivity contribution is -0.151. The number of nitrogens with one attached hydrogen (secondary N) is 2. The highest BCUT2D eigenvalue weighted by Crippen LogP contribution is 2.25. The Hall–Kier alpha value is -2.81. The number of hydrogen-bond donors (Lipinski definition) is 2. The maximum absolute atomic E-state index is 12.2. The summed E-state index contributed by atoms with van der Waals surface area (Å²) < 4.78 is 5.00. The van der Waals surface area contributed by atoms with E-state index in [-0.39, 0.29) is 18.0 Å². The second kappa shape index (κ2) is 10.00. The van der Waals surface area contributed by atoms with Gasteiger partial charge in [0.25, 0.3) is 11.8 Å². The lowest BCUT2D eigenvalue weighted by Crippen LogP contribution is -2.43. The molecule has 3 rings (SSSR count). The van der Waals surface area contributed by atoms with Crippen LogP contribution in [-0.4, -0.2) is 41.9 Å². The van der Waals surface area contributed by atoms with E-state index in [1.165, 1.54) is 24.3 Å². The van der Waals surface area contributed by atoms with Crippen LogP contribution in [0.25, 0.3) is 0 Å². The average molecular weight is 485 g/mol. The molecular weight excluding hydrogens is 469 g/mol. The van der Waals surface area contributed by atoms with Gasteiger partial charge in [0.05, 0.1) is 23.2 Å². The minimum absolute atomic E-state index is 0.0678. The van der Waals surface area contributed by atoms with Gasteiger partial charge in [0.15, 0.2) is 6.61 Å². The lowest BCUT2D eigenvalue weighted by atomic mass is 10.1. The quantitative estimate of drug-likeness (QED) is 0.612. The molecule has 0 unspecified atom stereocenters. The van der Waals surface area contributed by atoms with E-state index >= 15 is 0 Å². The molecule has 2 N–H and O–H groups in total. The Balaban J connectivity index is 1.48. The normalized spacial score (nSPS) is 15.5. The van der Waals surface area contributed by atoms with Crippen molar-refractivity contribution in [2.45, 2.75) is 6.42 Å². The summed E-state index contributed by atoms with van der Waals surface area (Å²) in [7, 11) is 0. The summed E-state index contributed by atoms with van der Waals surface area (Å²) in [5.74, 6) is -3.10. The van der Waals surface area contributed by atoms with Crippen LogP contribution in [0.1, 0.15) is 16.8 Å². The number of halogens is 3. The van der Waals surface area contributed by atoms with Crippen LogP contribution < -0.4 is 10.7 Å². The number of carbonyl (C=O) groups excluding carboxylic acids is 4. The number of hydrogen-bond acceptors (Lipinski definition) is 5. The van der Waals surface area contributed by atoms with E-state index in [1.54, 1.807) is 18.2 Å². The number of nitrogens with zero attached hydrogens (tertiary/aromatic N) is 1. The summed E-state index contributed by atoms with van der Waals surface area (Å²) in [5, 5.41) is 4.67. The molecule has 0 aliphatic carbocycles. The van der Waals surface area contributed by atoms with Gasteiger partial charge in [-0.15, -0.1) is 0 Å². The third-order valence-corrected chi connectivity index (χ3v) is 5.15. The van der Waals surface area contributed by atoms with Crippen molar-refractivity contribution in [1.29, 1.82) is 0 Å². The molecule has 0 bridgehead atoms. The molecule has 31 heavy (non-hydrogen) atoms. The van der Waals surface area contributed by atoms with Crippen molar-refractivity contribution in [3.63, 3.8) is 0 Å². The van der Waals surface area contributed by atoms with Gasteiger partial charge in [0, 0.05) is 22.0 Å². The summed E-state index contributed by atoms with van der Waals surface area (Å²) >= 11 is 17.6. The van der Waals surface area contributed by atoms with Gasteiger partial charge in [-0.3, -0.25) is 29.6 Å². The molecule has 11 heteroatoms. The minimum atomic E-state index is -0.815. The van der Waals surface area contributed by atoms with Crippen LogP contribution in [0.4, 0.5) is 5.69 Å². The van der Waals surface area contributed by atoms with Crippen molar-refractivity contribution in [2.75, 3.05) is 18.5 Å². The van der Waals surface area contributed by atoms with Crippen LogP contribution >= 0.6 is 34.8 Å². The molecule has 0 radical (unpaired) electrons. The molecule has 0 saturated carbocycles. The molecule has 0 aromatic heterocycles. The smallest absolute Gasteiger partial charge is 0.311 e. The Morgan fingerprint density at radius 3 is 2.39 bits per heavy atom. The zero-order valence-corrected chi connectivity index (χ0v) is 18.1. The zero-order chi connectivity index (χ0) is 22.5. The van der Waals surface area contributed by atoms with E-state index in [9.17, 15) is 19.2 Å². The second-order valence-corrected chi connectivity index (χ2v) is 7.91. The van der Waals surface area contributed by atoms with Crippen LogP contribution in [0.2, 0.25) is 15.1 Å². The number of anilines is 1. The predicted molar refractivity (Wildman–Crippen MR) is 115 cm³/mol. The zero-order valence-electron chi connectivity index (χ0n) is 15.9. The number of rotatable bonds is 6. The highest BCUT2D eigenvalue weighted by molar-refractivity contribution is 6.36. The molecule has 1 saturated heterocycles. The molecule has 1 atom stereocenters. The van der Waals surface area contributed by atoms with Crippen LogP contribution in [-0.2, 0) is 19.1 Å². The van der Waals surface area contributed by atoms with Gasteiger partial charge >= 0.3 is 5.97 Å². The molecule has 2 aromatic carbocycles. The first kappa shape index (κ1) is 22.9. The maximum atomic E-state index is 12.2. The van der Waals surface area contributed by atoms with Gasteiger partial charge in [0.1, 0.15) is 0 Å². The Kier molecular flexibility index (Phi) is 7.37. The summed E-state index contributed by atoms with van der Waals surface area (Å²) in [5.41, 5.74) is 3.07. The molecule has 162 valence electrons. The first-order chi connectivity index (χ1) is 14.7. The molecule has 1 heterocycles. The van der Waals surface area contributed by atoms with Crippen molar-refractivity contribution >= 4 is 64.2 Å². The molecule has 1 fully saturated rings. The molecule has 8 nitrogen and oxygen atoms in total. The fourth-order valence-corrected chi connectivity index (χ4v) is 3.38. The standard InChI is InChI=1S/C20H16Cl3N3O5/c21-13-3-1-11(2-4-13)19(29)25-26-9-12(7-18(26)28)20(30)31-10-17(27)24-16-6-5-14(22)8-15(16)23/h1-6,8,12H,7,9-10H2,(H,24,27)(H,25,29)/t12-/m0/s1. The number of carbonyl (C=O) groups is 4. The van der Waals surface area contributed by atoms with E-state index < -0.39 is 36.2 Å². The largest absolute Gasteiger partial charge is 0.455 e. The molecule has 1 aliphatic heterocycles. The molecular formula is C20H16Cl3N3O5. The fourth-order valence-electron chi connectivity index (χ4n) is 2.79. The van der Waals surface area contributed by atoms with Crippen molar-refractivity contribution in [3.8, 4) is 0 Å². The number of ether oxygens (including phenoxy) is 1. The Bertz CT molecular complexity index is 1030. The van der Waals surface area contributed by atoms with E-state index in [1.807, 2.05) is 0 Å². The van der Waals surface area contributed by atoms with E-state index in [2.05, 4.69) is 10.7 Å². The highest BCUT2D eigenvalue weighted by atomic mass is 35.5. The lowest BCUT2D eigenvalue weighted by Gasteiger charge is -2.17. The maximum Gasteiger partial charge on any atom is 0.311 e. The number of amides is 3. The number of esters is 1. The topological polar surface area (TPSA) is 105 Å². The minimum Gasteiger partial charge on any atom is -0.455 e. The Labute approximate surface area is 192 Å². The van der Waals surface area contributed by atoms with E-state index in [0.29, 0.717) is 21.3 Å². The Morgan fingerprint density at radius 1 is 1.03 bits per heavy atom. The van der Waals surface area contributed by atoms with E-state index in [0.717, 1.165) is 5.01 Å². The Morgan fingerprint density at radius 2 is 1.71 bits per heavy atom. The monoisotopic (exact) mass is 483 g/mol. The molecule has 1 aliphatic rings. The molecule has 2 aromatic rings. The van der Waals surface area contributed by atoms with E-state index in [4.69, 9.17) is 39.5 Å². The van der Waals surface area contributed by atoms with Crippen molar-refractivity contribution in [2.24, 2.45) is 5.92 Å². The van der Waals surface area contributed by atoms with Crippen molar-refractivity contribution in [1.82, 2.24) is 10.4 Å². The highest BCUT2D eigenvalue weighted by Gasteiger charge is 2.36. The van der Waals surface area contributed by atoms with Crippen LogP contribution in [0.5, 0.6) is 0 Å². The van der Waals surface area contributed by atoms with Crippen LogP contribution in [0.3, 0.4) is 0 Å². The predicted octanol–water partition coefficient (Wildman–Crippen LogP) is 3.32. The third-order valence-electron chi connectivity index (χ3n) is 4.35. The molecule has 0 spiro atoms. The summed E-state index contributed by atoms with van der Waals surface area (Å²) in [6.45, 7) is -0.624. The van der Waals surface area contributed by atoms with Crippen LogP contribution in [0.15, 0.2) is 42.5 Å². The van der Waals surface area contributed by atoms with Gasteiger partial charge < -0.3 is 10.1 Å². The third kappa shape index (κ3) is 6.10. The SMILES string of the molecule is O=C(COC(=O)[C@H]1CC(=O)N(NC(=O)c2ccc(Cl)cc2)C1)Nc1ccc(Cl)cc1Cl. The molecule has 3 amide bonds. The van der Waals surface area contributed by atoms with Gasteiger partial charge in [-0.25, -0.2) is 0 Å². The van der Waals surface area contributed by atoms with Crippen LogP contribution in [0, 0.1) is 5.92 Å². The summed E-state index contributed by atoms with van der Waals surface area (Å²) in [4.78, 5) is 48.6. The van der Waals surface area contributed by atoms with Gasteiger partial charge in [-0.1, -0.05) is 34.8 Å². The average Bonchev–Trinajstić information content (AvgIpc) is 3.09.